The summed E-state index contributed by atoms with van der Waals surface area (Å²) in [7, 11) is 0. The number of aromatic nitrogens is 2. The van der Waals surface area contributed by atoms with Gasteiger partial charge in [-0.05, 0) is 39.5 Å². The molecule has 0 spiro atoms. The molecule has 0 aliphatic heterocycles. The molecule has 0 atom stereocenters. The molecule has 0 aromatic carbocycles. The lowest BCUT2D eigenvalue weighted by Gasteiger charge is -2.11. The minimum absolute atomic E-state index is 0.364. The van der Waals surface area contributed by atoms with Crippen LogP contribution in [-0.4, -0.2) is 31.4 Å². The van der Waals surface area contributed by atoms with Crippen molar-refractivity contribution in [3.05, 3.63) is 23.8 Å². The van der Waals surface area contributed by atoms with E-state index >= 15 is 0 Å². The molecule has 4 heteroatoms. The van der Waals surface area contributed by atoms with Crippen molar-refractivity contribution in [2.45, 2.75) is 51.7 Å². The van der Waals surface area contributed by atoms with Gasteiger partial charge in [0.2, 0.25) is 0 Å². The Bertz CT molecular complexity index is 523. The third-order valence-corrected chi connectivity index (χ3v) is 2.11. The van der Waals surface area contributed by atoms with E-state index in [-0.39, 0.29) is 0 Å². The number of nitrogens with zero attached hydrogens (tertiary/aromatic N) is 2. The summed E-state index contributed by atoms with van der Waals surface area (Å²) in [5, 5.41) is 19.1. The molecule has 0 aliphatic carbocycles. The molecule has 0 saturated carbocycles. The molecule has 0 fully saturated rings. The molecule has 0 amide bonds. The predicted octanol–water partition coefficient (Wildman–Crippen LogP) is 1.50. The first-order valence-corrected chi connectivity index (χ1v) is 6.40. The van der Waals surface area contributed by atoms with Crippen LogP contribution in [0.15, 0.2) is 12.4 Å². The molecular formula is C16H20N2O2. The largest absolute Gasteiger partial charge is 0.389 e. The van der Waals surface area contributed by atoms with E-state index in [2.05, 4.69) is 33.6 Å². The van der Waals surface area contributed by atoms with Crippen LogP contribution in [0.1, 0.15) is 51.9 Å². The molecule has 0 aliphatic rings. The zero-order valence-electron chi connectivity index (χ0n) is 12.4. The lowest BCUT2D eigenvalue weighted by atomic mass is 10.1. The average Bonchev–Trinajstić information content (AvgIpc) is 2.26. The summed E-state index contributed by atoms with van der Waals surface area (Å²) in [6.45, 7) is 6.80. The molecule has 1 aromatic heterocycles. The SMILES string of the molecule is CC(C)(O)CC#Cc1cncc(C#CCC(C)(C)O)n1. The standard InChI is InChI=1S/C16H20N2O2/c1-15(2,19)9-5-7-13-11-17-12-14(18-13)8-6-10-16(3,4)20/h11-12,19-20H,9-10H2,1-4H3. The molecule has 0 bridgehead atoms. The summed E-state index contributed by atoms with van der Waals surface area (Å²) in [6, 6.07) is 0. The molecular weight excluding hydrogens is 252 g/mol. The maximum Gasteiger partial charge on any atom is 0.132 e. The Balaban J connectivity index is 2.76. The molecule has 20 heavy (non-hydrogen) atoms. The molecule has 1 aromatic rings. The summed E-state index contributed by atoms with van der Waals surface area (Å²) in [5.74, 6) is 11.4. The van der Waals surface area contributed by atoms with Gasteiger partial charge in [-0.25, -0.2) is 4.98 Å². The minimum Gasteiger partial charge on any atom is -0.389 e. The van der Waals surface area contributed by atoms with Gasteiger partial charge < -0.3 is 10.2 Å². The first kappa shape index (κ1) is 16.2. The van der Waals surface area contributed by atoms with Crippen LogP contribution in [0.4, 0.5) is 0 Å². The highest BCUT2D eigenvalue weighted by Crippen LogP contribution is 2.06. The van der Waals surface area contributed by atoms with Gasteiger partial charge in [0, 0.05) is 12.8 Å². The van der Waals surface area contributed by atoms with Crippen LogP contribution >= 0.6 is 0 Å². The monoisotopic (exact) mass is 272 g/mol. The highest BCUT2D eigenvalue weighted by Gasteiger charge is 2.09. The van der Waals surface area contributed by atoms with Crippen LogP contribution in [0.5, 0.6) is 0 Å². The van der Waals surface area contributed by atoms with Gasteiger partial charge in [0.1, 0.15) is 11.4 Å². The summed E-state index contributed by atoms with van der Waals surface area (Å²) in [5.41, 5.74) is -0.594. The van der Waals surface area contributed by atoms with E-state index in [1.54, 1.807) is 40.1 Å². The van der Waals surface area contributed by atoms with Crippen LogP contribution < -0.4 is 0 Å². The Morgan fingerprint density at radius 2 is 1.30 bits per heavy atom. The van der Waals surface area contributed by atoms with E-state index in [9.17, 15) is 10.2 Å². The first-order chi connectivity index (χ1) is 9.16. The van der Waals surface area contributed by atoms with E-state index in [0.29, 0.717) is 24.2 Å². The fourth-order valence-corrected chi connectivity index (χ4v) is 1.19. The van der Waals surface area contributed by atoms with Crippen molar-refractivity contribution in [3.63, 3.8) is 0 Å². The van der Waals surface area contributed by atoms with Gasteiger partial charge in [0.15, 0.2) is 0 Å². The van der Waals surface area contributed by atoms with Crippen molar-refractivity contribution in [2.75, 3.05) is 0 Å². The average molecular weight is 272 g/mol. The quantitative estimate of drug-likeness (QED) is 0.801. The summed E-state index contributed by atoms with van der Waals surface area (Å²) in [6.07, 6.45) is 3.84. The van der Waals surface area contributed by atoms with Crippen molar-refractivity contribution in [2.24, 2.45) is 0 Å². The number of hydrogen-bond acceptors (Lipinski definition) is 4. The van der Waals surface area contributed by atoms with Crippen LogP contribution in [-0.2, 0) is 0 Å². The Morgan fingerprint density at radius 1 is 0.900 bits per heavy atom. The van der Waals surface area contributed by atoms with Crippen molar-refractivity contribution in [1.29, 1.82) is 0 Å². The van der Waals surface area contributed by atoms with Gasteiger partial charge in [-0.15, -0.1) is 0 Å². The van der Waals surface area contributed by atoms with E-state index in [1.807, 2.05) is 0 Å². The molecule has 1 heterocycles. The zero-order valence-corrected chi connectivity index (χ0v) is 12.4. The molecule has 2 N–H and O–H groups in total. The normalized spacial score (nSPS) is 11.1. The minimum atomic E-state index is -0.815. The zero-order chi connectivity index (χ0) is 15.2. The Morgan fingerprint density at radius 3 is 1.65 bits per heavy atom. The maximum atomic E-state index is 9.56. The number of hydrogen-bond donors (Lipinski definition) is 2. The highest BCUT2D eigenvalue weighted by molar-refractivity contribution is 5.32. The highest BCUT2D eigenvalue weighted by atomic mass is 16.3. The van der Waals surface area contributed by atoms with Gasteiger partial charge >= 0.3 is 0 Å². The van der Waals surface area contributed by atoms with Crippen molar-refractivity contribution in [1.82, 2.24) is 9.97 Å². The molecule has 0 saturated heterocycles. The van der Waals surface area contributed by atoms with E-state index in [0.717, 1.165) is 0 Å². The maximum absolute atomic E-state index is 9.56. The van der Waals surface area contributed by atoms with Crippen LogP contribution in [0.2, 0.25) is 0 Å². The molecule has 4 nitrogen and oxygen atoms in total. The van der Waals surface area contributed by atoms with E-state index < -0.39 is 11.2 Å². The second-order valence-corrected chi connectivity index (χ2v) is 5.87. The van der Waals surface area contributed by atoms with E-state index in [4.69, 9.17) is 0 Å². The predicted molar refractivity (Wildman–Crippen MR) is 77.6 cm³/mol. The topological polar surface area (TPSA) is 66.2 Å². The summed E-state index contributed by atoms with van der Waals surface area (Å²) >= 11 is 0. The number of rotatable bonds is 2. The fraction of sp³-hybridized carbons (Fsp3) is 0.500. The smallest absolute Gasteiger partial charge is 0.132 e. The lowest BCUT2D eigenvalue weighted by molar-refractivity contribution is 0.0855. The second-order valence-electron chi connectivity index (χ2n) is 5.87. The molecule has 1 rings (SSSR count). The fourth-order valence-electron chi connectivity index (χ4n) is 1.19. The van der Waals surface area contributed by atoms with Crippen LogP contribution in [0.3, 0.4) is 0 Å². The lowest BCUT2D eigenvalue weighted by Crippen LogP contribution is -2.16. The second kappa shape index (κ2) is 6.52. The van der Waals surface area contributed by atoms with Gasteiger partial charge in [0.05, 0.1) is 23.6 Å². The molecule has 0 unspecified atom stereocenters. The van der Waals surface area contributed by atoms with E-state index in [1.165, 1.54) is 0 Å². The Labute approximate surface area is 120 Å². The van der Waals surface area contributed by atoms with Gasteiger partial charge in [-0.1, -0.05) is 11.8 Å². The molecule has 0 radical (unpaired) electrons. The van der Waals surface area contributed by atoms with Crippen molar-refractivity contribution in [3.8, 4) is 23.7 Å². The first-order valence-electron chi connectivity index (χ1n) is 6.40. The summed E-state index contributed by atoms with van der Waals surface area (Å²) < 4.78 is 0. The van der Waals surface area contributed by atoms with Crippen LogP contribution in [0, 0.1) is 23.7 Å². The van der Waals surface area contributed by atoms with Gasteiger partial charge in [-0.2, -0.15) is 0 Å². The van der Waals surface area contributed by atoms with Crippen molar-refractivity contribution < 1.29 is 10.2 Å². The van der Waals surface area contributed by atoms with Gasteiger partial charge in [-0.3, -0.25) is 4.98 Å². The third kappa shape index (κ3) is 7.53. The van der Waals surface area contributed by atoms with Crippen LogP contribution in [0.25, 0.3) is 0 Å². The third-order valence-electron chi connectivity index (χ3n) is 2.11. The summed E-state index contributed by atoms with van der Waals surface area (Å²) in [4.78, 5) is 8.26. The Hall–Kier alpha value is -1.88. The van der Waals surface area contributed by atoms with Crippen molar-refractivity contribution >= 4 is 0 Å². The Kier molecular flexibility index (Phi) is 5.27. The molecule has 106 valence electrons. The number of aliphatic hydroxyl groups is 2. The van der Waals surface area contributed by atoms with Gasteiger partial charge in [0.25, 0.3) is 0 Å².